The van der Waals surface area contributed by atoms with Crippen molar-refractivity contribution in [2.45, 2.75) is 31.8 Å². The minimum Gasteiger partial charge on any atom is -0.353 e. The van der Waals surface area contributed by atoms with Crippen molar-refractivity contribution >= 4 is 5.91 Å². The van der Waals surface area contributed by atoms with Gasteiger partial charge in [0.15, 0.2) is 0 Å². The van der Waals surface area contributed by atoms with Crippen LogP contribution in [0.5, 0.6) is 0 Å². The fourth-order valence-corrected chi connectivity index (χ4v) is 2.10. The van der Waals surface area contributed by atoms with E-state index in [1.807, 2.05) is 25.1 Å². The summed E-state index contributed by atoms with van der Waals surface area (Å²) in [5, 5.41) is 6.34. The molecule has 0 bridgehead atoms. The van der Waals surface area contributed by atoms with Crippen LogP contribution in [0.4, 0.5) is 0 Å². The van der Waals surface area contributed by atoms with Crippen LogP contribution in [0, 0.1) is 0 Å². The van der Waals surface area contributed by atoms with Crippen molar-refractivity contribution < 1.29 is 4.79 Å². The number of hydrogen-bond donors (Lipinski definition) is 2. The Hall–Kier alpha value is -1.35. The van der Waals surface area contributed by atoms with Gasteiger partial charge in [-0.1, -0.05) is 37.3 Å². The summed E-state index contributed by atoms with van der Waals surface area (Å²) in [6.45, 7) is 2.76. The second-order valence-corrected chi connectivity index (χ2v) is 4.26. The first-order valence-corrected chi connectivity index (χ1v) is 5.87. The van der Waals surface area contributed by atoms with E-state index in [-0.39, 0.29) is 11.9 Å². The number of rotatable bonds is 3. The van der Waals surface area contributed by atoms with Gasteiger partial charge < -0.3 is 10.6 Å². The van der Waals surface area contributed by atoms with Gasteiger partial charge in [-0.15, -0.1) is 0 Å². The molecule has 0 aromatic heterocycles. The molecule has 1 heterocycles. The molecule has 0 radical (unpaired) electrons. The molecule has 86 valence electrons. The lowest BCUT2D eigenvalue weighted by atomic mass is 10.0. The number of nitrogens with one attached hydrogen (secondary N) is 2. The Morgan fingerprint density at radius 2 is 2.06 bits per heavy atom. The van der Waals surface area contributed by atoms with Crippen LogP contribution >= 0.6 is 0 Å². The molecule has 1 aromatic carbocycles. The molecule has 1 saturated heterocycles. The van der Waals surface area contributed by atoms with Gasteiger partial charge in [-0.05, 0) is 18.4 Å². The zero-order chi connectivity index (χ0) is 11.4. The lowest BCUT2D eigenvalue weighted by molar-refractivity contribution is -0.125. The van der Waals surface area contributed by atoms with Crippen molar-refractivity contribution in [3.63, 3.8) is 0 Å². The van der Waals surface area contributed by atoms with Crippen molar-refractivity contribution in [3.8, 4) is 0 Å². The van der Waals surface area contributed by atoms with Gasteiger partial charge in [-0.25, -0.2) is 0 Å². The fourth-order valence-electron chi connectivity index (χ4n) is 2.10. The molecule has 2 rings (SSSR count). The van der Waals surface area contributed by atoms with Crippen LogP contribution in [0.15, 0.2) is 30.3 Å². The summed E-state index contributed by atoms with van der Waals surface area (Å²) in [6, 6.07) is 10.7. The molecule has 3 heteroatoms. The first-order chi connectivity index (χ1) is 7.79. The fraction of sp³-hybridized carbons (Fsp3) is 0.462. The summed E-state index contributed by atoms with van der Waals surface area (Å²) in [7, 11) is 0. The highest BCUT2D eigenvalue weighted by atomic mass is 16.2. The molecule has 1 aliphatic rings. The molecule has 2 atom stereocenters. The normalized spacial score (nSPS) is 25.2. The van der Waals surface area contributed by atoms with Gasteiger partial charge in [0.05, 0.1) is 6.04 Å². The zero-order valence-electron chi connectivity index (χ0n) is 9.57. The van der Waals surface area contributed by atoms with Crippen LogP contribution in [-0.4, -0.2) is 24.5 Å². The quantitative estimate of drug-likeness (QED) is 0.797. The van der Waals surface area contributed by atoms with Gasteiger partial charge in [0, 0.05) is 12.6 Å². The number of carbonyl (C=O) groups is 1. The highest BCUT2D eigenvalue weighted by Gasteiger charge is 2.25. The van der Waals surface area contributed by atoms with E-state index < -0.39 is 0 Å². The Labute approximate surface area is 96.2 Å². The van der Waals surface area contributed by atoms with Crippen molar-refractivity contribution in [2.24, 2.45) is 0 Å². The molecule has 0 saturated carbocycles. The molecule has 2 N–H and O–H groups in total. The molecule has 0 spiro atoms. The summed E-state index contributed by atoms with van der Waals surface area (Å²) < 4.78 is 0. The van der Waals surface area contributed by atoms with Gasteiger partial charge in [-0.3, -0.25) is 4.79 Å². The van der Waals surface area contributed by atoms with Gasteiger partial charge in [0.2, 0.25) is 5.91 Å². The maximum atomic E-state index is 11.4. The van der Waals surface area contributed by atoms with Crippen LogP contribution in [0.2, 0.25) is 0 Å². The average Bonchev–Trinajstić information content (AvgIpc) is 2.33. The van der Waals surface area contributed by atoms with Crippen LogP contribution in [-0.2, 0) is 11.2 Å². The lowest BCUT2D eigenvalue weighted by Crippen LogP contribution is -2.58. The van der Waals surface area contributed by atoms with E-state index in [9.17, 15) is 4.79 Å². The average molecular weight is 218 g/mol. The molecular weight excluding hydrogens is 200 g/mol. The molecule has 3 nitrogen and oxygen atoms in total. The first-order valence-electron chi connectivity index (χ1n) is 5.87. The minimum absolute atomic E-state index is 0.0255. The molecule has 16 heavy (non-hydrogen) atoms. The van der Waals surface area contributed by atoms with Crippen LogP contribution in [0.25, 0.3) is 0 Å². The number of carbonyl (C=O) groups excluding carboxylic acids is 1. The lowest BCUT2D eigenvalue weighted by Gasteiger charge is -2.30. The van der Waals surface area contributed by atoms with E-state index in [1.54, 1.807) is 0 Å². The molecule has 1 aliphatic heterocycles. The maximum absolute atomic E-state index is 11.4. The van der Waals surface area contributed by atoms with Gasteiger partial charge >= 0.3 is 0 Å². The number of hydrogen-bond acceptors (Lipinski definition) is 2. The summed E-state index contributed by atoms with van der Waals surface area (Å²) in [4.78, 5) is 11.4. The van der Waals surface area contributed by atoms with E-state index >= 15 is 0 Å². The maximum Gasteiger partial charge on any atom is 0.237 e. The molecule has 1 amide bonds. The van der Waals surface area contributed by atoms with Crippen molar-refractivity contribution in [2.75, 3.05) is 6.54 Å². The van der Waals surface area contributed by atoms with E-state index in [1.165, 1.54) is 5.56 Å². The predicted octanol–water partition coefficient (Wildman–Crippen LogP) is 1.10. The third-order valence-corrected chi connectivity index (χ3v) is 3.01. The van der Waals surface area contributed by atoms with Crippen molar-refractivity contribution in [3.05, 3.63) is 35.9 Å². The van der Waals surface area contributed by atoms with Gasteiger partial charge in [0.25, 0.3) is 0 Å². The largest absolute Gasteiger partial charge is 0.353 e. The second kappa shape index (κ2) is 5.12. The Bertz CT molecular complexity index is 350. The van der Waals surface area contributed by atoms with Crippen molar-refractivity contribution in [1.82, 2.24) is 10.6 Å². The Kier molecular flexibility index (Phi) is 3.57. The SMILES string of the molecule is CCC1NC(Cc2ccccc2)CNC1=O. The number of piperazine rings is 1. The van der Waals surface area contributed by atoms with E-state index in [0.29, 0.717) is 6.04 Å². The van der Waals surface area contributed by atoms with Crippen LogP contribution in [0.1, 0.15) is 18.9 Å². The highest BCUT2D eigenvalue weighted by molar-refractivity contribution is 5.82. The Morgan fingerprint density at radius 1 is 1.31 bits per heavy atom. The summed E-state index contributed by atoms with van der Waals surface area (Å²) in [6.07, 6.45) is 1.81. The molecule has 1 fully saturated rings. The zero-order valence-corrected chi connectivity index (χ0v) is 9.57. The smallest absolute Gasteiger partial charge is 0.237 e. The van der Waals surface area contributed by atoms with E-state index in [2.05, 4.69) is 22.8 Å². The van der Waals surface area contributed by atoms with Crippen LogP contribution in [0.3, 0.4) is 0 Å². The Morgan fingerprint density at radius 3 is 2.75 bits per heavy atom. The molecule has 1 aromatic rings. The molecule has 2 unspecified atom stereocenters. The molecule has 0 aliphatic carbocycles. The predicted molar refractivity (Wildman–Crippen MR) is 64.2 cm³/mol. The Balaban J connectivity index is 1.94. The van der Waals surface area contributed by atoms with E-state index in [4.69, 9.17) is 0 Å². The number of benzene rings is 1. The van der Waals surface area contributed by atoms with Gasteiger partial charge in [0.1, 0.15) is 0 Å². The highest BCUT2D eigenvalue weighted by Crippen LogP contribution is 2.07. The third kappa shape index (κ3) is 2.61. The van der Waals surface area contributed by atoms with Gasteiger partial charge in [-0.2, -0.15) is 0 Å². The number of amides is 1. The second-order valence-electron chi connectivity index (χ2n) is 4.26. The first kappa shape index (κ1) is 11.1. The van der Waals surface area contributed by atoms with Crippen molar-refractivity contribution in [1.29, 1.82) is 0 Å². The standard InChI is InChI=1S/C13H18N2O/c1-2-12-13(16)14-9-11(15-12)8-10-6-4-3-5-7-10/h3-7,11-12,15H,2,8-9H2,1H3,(H,14,16). The van der Waals surface area contributed by atoms with E-state index in [0.717, 1.165) is 19.4 Å². The summed E-state index contributed by atoms with van der Waals surface area (Å²) in [5.41, 5.74) is 1.31. The summed E-state index contributed by atoms with van der Waals surface area (Å²) >= 11 is 0. The molecular formula is C13H18N2O. The topological polar surface area (TPSA) is 41.1 Å². The summed E-state index contributed by atoms with van der Waals surface area (Å²) in [5.74, 6) is 0.131. The third-order valence-electron chi connectivity index (χ3n) is 3.01. The monoisotopic (exact) mass is 218 g/mol. The van der Waals surface area contributed by atoms with Crippen LogP contribution < -0.4 is 10.6 Å². The minimum atomic E-state index is -0.0255.